The smallest absolute Gasteiger partial charge is 0.0580 e. The molecule has 8 atom stereocenters. The van der Waals surface area contributed by atoms with E-state index >= 15 is 0 Å². The van der Waals surface area contributed by atoms with Crippen molar-refractivity contribution in [3.63, 3.8) is 0 Å². The summed E-state index contributed by atoms with van der Waals surface area (Å²) in [6.45, 7) is 10.0. The molecule has 1 nitrogen and oxygen atoms in total. The third-order valence-electron chi connectivity index (χ3n) is 9.94. The fourth-order valence-corrected chi connectivity index (χ4v) is 9.41. The van der Waals surface area contributed by atoms with Gasteiger partial charge in [0.1, 0.15) is 0 Å². The van der Waals surface area contributed by atoms with Crippen molar-refractivity contribution in [2.24, 2.45) is 46.8 Å². The standard InChI is InChI=1S/C27H45IO/c1-17(2)6-5-7-18(3)25-10-11-26-24-14-19(16-28)23-15-20(29)8-9-21(23)22(24)12-13-27(25,26)4/h17-20,22,24-26,29H,5-16H2,1-4H3/t18-,19+,20+,22-,24-,25-,26+,27-/m1/s1. The largest absolute Gasteiger partial charge is 0.393 e. The van der Waals surface area contributed by atoms with Gasteiger partial charge in [0.15, 0.2) is 0 Å². The molecule has 2 fully saturated rings. The van der Waals surface area contributed by atoms with Crippen LogP contribution in [0.2, 0.25) is 0 Å². The molecule has 0 unspecified atom stereocenters. The maximum absolute atomic E-state index is 10.3. The Morgan fingerprint density at radius 3 is 2.59 bits per heavy atom. The predicted molar refractivity (Wildman–Crippen MR) is 132 cm³/mol. The molecular formula is C27H45IO. The zero-order chi connectivity index (χ0) is 20.8. The van der Waals surface area contributed by atoms with Gasteiger partial charge in [-0.3, -0.25) is 0 Å². The summed E-state index contributed by atoms with van der Waals surface area (Å²) in [5.41, 5.74) is 4.14. The van der Waals surface area contributed by atoms with Crippen molar-refractivity contribution in [3.05, 3.63) is 11.1 Å². The molecule has 0 radical (unpaired) electrons. The lowest BCUT2D eigenvalue weighted by atomic mass is 9.51. The van der Waals surface area contributed by atoms with E-state index in [0.717, 1.165) is 54.3 Å². The Morgan fingerprint density at radius 1 is 1.07 bits per heavy atom. The van der Waals surface area contributed by atoms with Gasteiger partial charge in [0.05, 0.1) is 6.10 Å². The minimum absolute atomic E-state index is 0.0628. The number of allylic oxidation sites excluding steroid dienone is 1. The van der Waals surface area contributed by atoms with Gasteiger partial charge in [-0.15, -0.1) is 0 Å². The predicted octanol–water partition coefficient (Wildman–Crippen LogP) is 7.80. The fourth-order valence-electron chi connectivity index (χ4n) is 8.52. The summed E-state index contributed by atoms with van der Waals surface area (Å²) in [4.78, 5) is 0. The molecule has 29 heavy (non-hydrogen) atoms. The normalized spacial score (nSPS) is 43.1. The van der Waals surface area contributed by atoms with E-state index in [4.69, 9.17) is 0 Å². The molecule has 2 heteroatoms. The molecule has 0 aliphatic heterocycles. The third-order valence-corrected chi connectivity index (χ3v) is 11.0. The molecule has 2 saturated carbocycles. The summed E-state index contributed by atoms with van der Waals surface area (Å²) in [7, 11) is 0. The van der Waals surface area contributed by atoms with Crippen LogP contribution in [0.3, 0.4) is 0 Å². The van der Waals surface area contributed by atoms with Crippen LogP contribution in [0.15, 0.2) is 11.1 Å². The number of aliphatic hydroxyl groups is 1. The minimum atomic E-state index is -0.0628. The van der Waals surface area contributed by atoms with Crippen molar-refractivity contribution in [2.75, 3.05) is 4.43 Å². The van der Waals surface area contributed by atoms with E-state index in [1.54, 1.807) is 5.57 Å². The highest BCUT2D eigenvalue weighted by molar-refractivity contribution is 14.1. The Hall–Kier alpha value is 0.430. The SMILES string of the molecule is CC(C)CCC[C@@H](C)[C@H]1CC[C@H]2[C@@H]3C[C@@H](CI)C4=C(CC[C@H](O)C4)[C@H]3CC[C@]12C. The summed E-state index contributed by atoms with van der Waals surface area (Å²) in [6, 6.07) is 0. The van der Waals surface area contributed by atoms with E-state index in [9.17, 15) is 5.11 Å². The lowest BCUT2D eigenvalue weighted by Gasteiger charge is -2.54. The lowest BCUT2D eigenvalue weighted by Crippen LogP contribution is -2.46. The van der Waals surface area contributed by atoms with Crippen molar-refractivity contribution in [2.45, 2.75) is 104 Å². The van der Waals surface area contributed by atoms with Gasteiger partial charge in [-0.2, -0.15) is 0 Å². The average molecular weight is 513 g/mol. The highest BCUT2D eigenvalue weighted by Gasteiger charge is 2.56. The first-order valence-corrected chi connectivity index (χ1v) is 14.3. The molecule has 0 bridgehead atoms. The van der Waals surface area contributed by atoms with E-state index in [-0.39, 0.29) is 6.10 Å². The number of rotatable bonds is 6. The first-order chi connectivity index (χ1) is 13.8. The van der Waals surface area contributed by atoms with Crippen LogP contribution in [-0.2, 0) is 0 Å². The van der Waals surface area contributed by atoms with Gasteiger partial charge in [-0.1, -0.05) is 80.7 Å². The van der Waals surface area contributed by atoms with Crippen LogP contribution in [0.5, 0.6) is 0 Å². The van der Waals surface area contributed by atoms with Crippen LogP contribution in [0, 0.1) is 46.8 Å². The summed E-state index contributed by atoms with van der Waals surface area (Å²) < 4.78 is 1.25. The number of alkyl halides is 1. The molecular weight excluding hydrogens is 467 g/mol. The van der Waals surface area contributed by atoms with Crippen LogP contribution >= 0.6 is 22.6 Å². The van der Waals surface area contributed by atoms with Crippen molar-refractivity contribution in [1.82, 2.24) is 0 Å². The second-order valence-corrected chi connectivity index (χ2v) is 12.8. The minimum Gasteiger partial charge on any atom is -0.393 e. The molecule has 0 heterocycles. The molecule has 0 aromatic carbocycles. The Morgan fingerprint density at radius 2 is 1.86 bits per heavy atom. The van der Waals surface area contributed by atoms with Gasteiger partial charge in [0, 0.05) is 4.43 Å². The van der Waals surface area contributed by atoms with Crippen LogP contribution in [-0.4, -0.2) is 15.6 Å². The van der Waals surface area contributed by atoms with E-state index in [1.165, 1.54) is 62.2 Å². The maximum atomic E-state index is 10.3. The summed E-state index contributed by atoms with van der Waals surface area (Å²) in [5, 5.41) is 10.3. The molecule has 4 rings (SSSR count). The molecule has 0 saturated heterocycles. The number of aliphatic hydroxyl groups excluding tert-OH is 1. The average Bonchev–Trinajstić information content (AvgIpc) is 3.04. The number of halogens is 1. The van der Waals surface area contributed by atoms with Crippen LogP contribution < -0.4 is 0 Å². The van der Waals surface area contributed by atoms with Gasteiger partial charge in [-0.05, 0) is 98.2 Å². The van der Waals surface area contributed by atoms with E-state index in [0.29, 0.717) is 5.41 Å². The fraction of sp³-hybridized carbons (Fsp3) is 0.926. The van der Waals surface area contributed by atoms with E-state index in [2.05, 4.69) is 50.3 Å². The van der Waals surface area contributed by atoms with Crippen molar-refractivity contribution in [1.29, 1.82) is 0 Å². The molecule has 1 N–H and O–H groups in total. The van der Waals surface area contributed by atoms with Gasteiger partial charge >= 0.3 is 0 Å². The van der Waals surface area contributed by atoms with Crippen molar-refractivity contribution in [3.8, 4) is 0 Å². The Kier molecular flexibility index (Phi) is 7.11. The monoisotopic (exact) mass is 512 g/mol. The number of fused-ring (bicyclic) bond motifs is 4. The Labute approximate surface area is 194 Å². The van der Waals surface area contributed by atoms with Gasteiger partial charge in [-0.25, -0.2) is 0 Å². The van der Waals surface area contributed by atoms with Crippen LogP contribution in [0.1, 0.15) is 98.3 Å². The molecule has 0 amide bonds. The number of hydrogen-bond donors (Lipinski definition) is 1. The topological polar surface area (TPSA) is 20.2 Å². The van der Waals surface area contributed by atoms with Gasteiger partial charge in [0.2, 0.25) is 0 Å². The first kappa shape index (κ1) is 22.6. The van der Waals surface area contributed by atoms with Crippen LogP contribution in [0.25, 0.3) is 0 Å². The lowest BCUT2D eigenvalue weighted by molar-refractivity contribution is -0.0106. The van der Waals surface area contributed by atoms with Crippen LogP contribution in [0.4, 0.5) is 0 Å². The maximum Gasteiger partial charge on any atom is 0.0580 e. The van der Waals surface area contributed by atoms with Gasteiger partial charge < -0.3 is 5.11 Å². The summed E-state index contributed by atoms with van der Waals surface area (Å²) >= 11 is 2.63. The molecule has 0 spiro atoms. The highest BCUT2D eigenvalue weighted by Crippen LogP contribution is 2.65. The van der Waals surface area contributed by atoms with Crippen molar-refractivity contribution >= 4 is 22.6 Å². The first-order valence-electron chi connectivity index (χ1n) is 12.8. The van der Waals surface area contributed by atoms with Gasteiger partial charge in [0.25, 0.3) is 0 Å². The zero-order valence-corrected chi connectivity index (χ0v) is 21.6. The molecule has 0 aromatic rings. The quantitative estimate of drug-likeness (QED) is 0.219. The van der Waals surface area contributed by atoms with E-state index in [1.807, 2.05) is 5.57 Å². The summed E-state index contributed by atoms with van der Waals surface area (Å²) in [5.74, 6) is 6.25. The van der Waals surface area contributed by atoms with E-state index < -0.39 is 0 Å². The second-order valence-electron chi connectivity index (χ2n) is 11.9. The molecule has 4 aliphatic carbocycles. The summed E-state index contributed by atoms with van der Waals surface area (Å²) in [6.07, 6.45) is 14.7. The zero-order valence-electron chi connectivity index (χ0n) is 19.4. The molecule has 0 aromatic heterocycles. The highest BCUT2D eigenvalue weighted by atomic mass is 127. The number of hydrogen-bond acceptors (Lipinski definition) is 1. The molecule has 4 aliphatic rings. The second kappa shape index (κ2) is 9.12. The molecule has 166 valence electrons. The van der Waals surface area contributed by atoms with Crippen molar-refractivity contribution < 1.29 is 5.11 Å². The Balaban J connectivity index is 1.51. The Bertz CT molecular complexity index is 610. The third kappa shape index (κ3) is 4.24.